The first-order valence-electron chi connectivity index (χ1n) is 9.54. The Morgan fingerprint density at radius 1 is 1.21 bits per heavy atom. The van der Waals surface area contributed by atoms with E-state index in [0.717, 1.165) is 6.07 Å². The van der Waals surface area contributed by atoms with Crippen LogP contribution in [0, 0.1) is 3.57 Å². The topological polar surface area (TPSA) is 233 Å². The number of phenolic OH excluding ortho intramolecular Hbond substituents is 2. The van der Waals surface area contributed by atoms with Crippen molar-refractivity contribution in [3.05, 3.63) is 27.9 Å². The number of imidazole rings is 1. The van der Waals surface area contributed by atoms with Crippen LogP contribution in [0.15, 0.2) is 18.7 Å². The number of phosphoric ester groups is 1. The lowest BCUT2D eigenvalue weighted by Crippen LogP contribution is -2.33. The molecule has 4 rings (SSSR count). The Labute approximate surface area is 204 Å². The van der Waals surface area contributed by atoms with E-state index in [1.807, 2.05) is 0 Å². The zero-order valence-electron chi connectivity index (χ0n) is 16.9. The molecule has 3 heterocycles. The van der Waals surface area contributed by atoms with E-state index in [-0.39, 0.29) is 38.4 Å². The average Bonchev–Trinajstić information content (AvgIpc) is 3.32. The fourth-order valence-corrected chi connectivity index (χ4v) is 4.73. The maximum Gasteiger partial charge on any atom is 0.524 e. The first-order chi connectivity index (χ1) is 16.0. The number of phosphoric acid groups is 1. The van der Waals surface area contributed by atoms with Crippen LogP contribution < -0.4 is 9.84 Å². The average molecular weight is 611 g/mol. The van der Waals surface area contributed by atoms with E-state index < -0.39 is 50.5 Å². The molecule has 3 aromatic rings. The lowest BCUT2D eigenvalue weighted by Gasteiger charge is -2.17. The van der Waals surface area contributed by atoms with Crippen LogP contribution in [0.3, 0.4) is 0 Å². The molecule has 0 aliphatic carbocycles. The Morgan fingerprint density at radius 2 is 1.94 bits per heavy atom. The summed E-state index contributed by atoms with van der Waals surface area (Å²) in [6, 6.07) is 1.16. The lowest BCUT2D eigenvalue weighted by molar-refractivity contribution is -0.0511. The highest BCUT2D eigenvalue weighted by Crippen LogP contribution is 2.47. The number of benzene rings is 1. The summed E-state index contributed by atoms with van der Waals surface area (Å²) >= 11 is 1.64. The Bertz CT molecular complexity index is 1270. The van der Waals surface area contributed by atoms with Gasteiger partial charge in [0.1, 0.15) is 30.4 Å². The maximum atomic E-state index is 11.2. The van der Waals surface area contributed by atoms with Gasteiger partial charge in [0.05, 0.1) is 22.1 Å². The van der Waals surface area contributed by atoms with Crippen molar-refractivity contribution in [3.63, 3.8) is 0 Å². The fourth-order valence-electron chi connectivity index (χ4n) is 3.47. The summed E-state index contributed by atoms with van der Waals surface area (Å²) in [5, 5.41) is 53.1. The van der Waals surface area contributed by atoms with Crippen molar-refractivity contribution >= 4 is 47.4 Å². The number of rotatable bonds is 7. The van der Waals surface area contributed by atoms with Gasteiger partial charge in [-0.15, -0.1) is 0 Å². The number of aromatic hydroxyl groups is 2. The van der Waals surface area contributed by atoms with Gasteiger partial charge in [0.25, 0.3) is 0 Å². The molecule has 0 spiro atoms. The molecular formula is C17H19IN5O10P. The summed E-state index contributed by atoms with van der Waals surface area (Å²) in [7, 11) is -4.98. The minimum Gasteiger partial charge on any atom is -0.507 e. The molecule has 4 atom stereocenters. The molecule has 2 aromatic heterocycles. The number of hydrogen-bond donors (Lipinski definition) is 8. The van der Waals surface area contributed by atoms with Crippen molar-refractivity contribution in [2.75, 3.05) is 11.9 Å². The largest absolute Gasteiger partial charge is 0.524 e. The summed E-state index contributed by atoms with van der Waals surface area (Å²) in [6.07, 6.45) is -2.25. The van der Waals surface area contributed by atoms with E-state index >= 15 is 0 Å². The summed E-state index contributed by atoms with van der Waals surface area (Å²) in [5.74, 6) is -1.38. The zero-order chi connectivity index (χ0) is 24.8. The number of fused-ring (bicyclic) bond motifs is 1. The molecule has 0 amide bonds. The third-order valence-corrected chi connectivity index (χ3v) is 6.31. The molecule has 184 valence electrons. The number of ether oxygens (including phenoxy) is 1. The zero-order valence-corrected chi connectivity index (χ0v) is 20.0. The van der Waals surface area contributed by atoms with Crippen LogP contribution in [-0.2, 0) is 15.8 Å². The SMILES string of the molecule is O=P(O)(O)Oc1c(I)cc(O)c(CNc2ncnc3c2ncn3[C@@H]2O[C@H](CO)[C@@H](O)[C@H]2O)c1O. The molecule has 0 unspecified atom stereocenters. The minimum absolute atomic E-state index is 0.0707. The molecule has 1 aliphatic rings. The lowest BCUT2D eigenvalue weighted by atomic mass is 10.1. The number of aliphatic hydroxyl groups excluding tert-OH is 3. The quantitative estimate of drug-likeness (QED) is 0.125. The van der Waals surface area contributed by atoms with E-state index in [0.29, 0.717) is 0 Å². The second kappa shape index (κ2) is 9.38. The first kappa shape index (κ1) is 24.8. The van der Waals surface area contributed by atoms with Gasteiger partial charge < -0.3 is 40.1 Å². The number of aromatic nitrogens is 4. The highest BCUT2D eigenvalue weighted by molar-refractivity contribution is 14.1. The highest BCUT2D eigenvalue weighted by atomic mass is 127. The van der Waals surface area contributed by atoms with Crippen LogP contribution in [-0.4, -0.2) is 79.8 Å². The van der Waals surface area contributed by atoms with Gasteiger partial charge in [-0.1, -0.05) is 0 Å². The van der Waals surface area contributed by atoms with Crippen molar-refractivity contribution in [2.45, 2.75) is 31.1 Å². The van der Waals surface area contributed by atoms with Gasteiger partial charge in [-0.25, -0.2) is 19.5 Å². The van der Waals surface area contributed by atoms with Gasteiger partial charge in [0.15, 0.2) is 34.7 Å². The summed E-state index contributed by atoms with van der Waals surface area (Å²) in [4.78, 5) is 30.5. The first-order valence-corrected chi connectivity index (χ1v) is 12.1. The third kappa shape index (κ3) is 4.63. The predicted octanol–water partition coefficient (Wildman–Crippen LogP) is -0.463. The number of nitrogens with zero attached hydrogens (tertiary/aromatic N) is 4. The molecule has 1 saturated heterocycles. The normalized spacial score (nSPS) is 22.9. The molecule has 1 aromatic carbocycles. The fraction of sp³-hybridized carbons (Fsp3) is 0.353. The molecule has 34 heavy (non-hydrogen) atoms. The van der Waals surface area contributed by atoms with Gasteiger partial charge in [0.2, 0.25) is 0 Å². The van der Waals surface area contributed by atoms with E-state index in [9.17, 15) is 30.1 Å². The van der Waals surface area contributed by atoms with Crippen molar-refractivity contribution in [1.82, 2.24) is 19.5 Å². The van der Waals surface area contributed by atoms with Crippen molar-refractivity contribution in [1.29, 1.82) is 0 Å². The molecule has 0 radical (unpaired) electrons. The standard InChI is InChI=1S/C17H19IN5O10P/c18-7-1-8(25)6(11(26)14(7)33-34(29,30)31)2-19-15-10-16(21-4-20-15)23(5-22-10)17-13(28)12(27)9(3-24)32-17/h1,4-5,9,12-13,17,24-28H,2-3H2,(H,19,20,21)(H2,29,30,31)/t9-,12-,13-,17-/m1/s1. The Kier molecular flexibility index (Phi) is 6.85. The van der Waals surface area contributed by atoms with Gasteiger partial charge in [0, 0.05) is 6.54 Å². The maximum absolute atomic E-state index is 11.2. The van der Waals surface area contributed by atoms with Crippen LogP contribution in [0.4, 0.5) is 5.82 Å². The summed E-state index contributed by atoms with van der Waals surface area (Å²) in [6.45, 7) is -0.751. The van der Waals surface area contributed by atoms with Gasteiger partial charge in [-0.2, -0.15) is 0 Å². The number of aliphatic hydroxyl groups is 3. The molecule has 1 fully saturated rings. The smallest absolute Gasteiger partial charge is 0.507 e. The van der Waals surface area contributed by atoms with E-state index in [1.54, 1.807) is 22.6 Å². The number of anilines is 1. The Morgan fingerprint density at radius 3 is 2.59 bits per heavy atom. The third-order valence-electron chi connectivity index (χ3n) is 5.08. The molecular weight excluding hydrogens is 592 g/mol. The molecule has 1 aliphatic heterocycles. The van der Waals surface area contributed by atoms with Crippen LogP contribution >= 0.6 is 30.4 Å². The summed E-state index contributed by atoms with van der Waals surface area (Å²) < 4.78 is 22.7. The van der Waals surface area contributed by atoms with Gasteiger partial charge in [-0.05, 0) is 28.7 Å². The van der Waals surface area contributed by atoms with Crippen molar-refractivity contribution in [2.24, 2.45) is 0 Å². The van der Waals surface area contributed by atoms with Crippen LogP contribution in [0.5, 0.6) is 17.2 Å². The molecule has 8 N–H and O–H groups in total. The molecule has 17 heteroatoms. The Hall–Kier alpha value is -2.31. The van der Waals surface area contributed by atoms with Crippen LogP contribution in [0.2, 0.25) is 0 Å². The molecule has 0 bridgehead atoms. The minimum atomic E-state index is -4.98. The van der Waals surface area contributed by atoms with Crippen LogP contribution in [0.25, 0.3) is 11.2 Å². The van der Waals surface area contributed by atoms with Gasteiger partial charge in [-0.3, -0.25) is 14.4 Å². The van der Waals surface area contributed by atoms with Gasteiger partial charge >= 0.3 is 7.82 Å². The second-order valence-corrected chi connectivity index (χ2v) is 9.57. The monoisotopic (exact) mass is 611 g/mol. The van der Waals surface area contributed by atoms with Crippen molar-refractivity contribution in [3.8, 4) is 17.2 Å². The van der Waals surface area contributed by atoms with Crippen molar-refractivity contribution < 1.29 is 49.1 Å². The van der Waals surface area contributed by atoms with E-state index in [4.69, 9.17) is 14.5 Å². The predicted molar refractivity (Wildman–Crippen MR) is 121 cm³/mol. The highest BCUT2D eigenvalue weighted by Gasteiger charge is 2.44. The van der Waals surface area contributed by atoms with Crippen LogP contribution in [0.1, 0.15) is 11.8 Å². The number of halogens is 1. The number of phenols is 2. The number of nitrogens with one attached hydrogen (secondary N) is 1. The molecule has 0 saturated carbocycles. The second-order valence-electron chi connectivity index (χ2n) is 7.24. The Balaban J connectivity index is 1.63. The number of hydrogen-bond acceptors (Lipinski definition) is 12. The summed E-state index contributed by atoms with van der Waals surface area (Å²) in [5.41, 5.74) is 0.309. The van der Waals surface area contributed by atoms with E-state index in [2.05, 4.69) is 24.8 Å². The van der Waals surface area contributed by atoms with E-state index in [1.165, 1.54) is 17.2 Å². The molecule has 15 nitrogen and oxygen atoms in total.